The molecule has 0 aliphatic carbocycles. The van der Waals surface area contributed by atoms with Crippen molar-refractivity contribution in [1.29, 1.82) is 0 Å². The molecule has 0 spiro atoms. The van der Waals surface area contributed by atoms with Gasteiger partial charge in [0.15, 0.2) is 0 Å². The minimum Gasteiger partial charge on any atom is -0.369 e. The molecule has 0 saturated carbocycles. The molecule has 6 heteroatoms. The van der Waals surface area contributed by atoms with Crippen molar-refractivity contribution in [2.75, 3.05) is 26.7 Å². The van der Waals surface area contributed by atoms with Gasteiger partial charge in [-0.3, -0.25) is 4.79 Å². The first kappa shape index (κ1) is 12.1. The number of carbonyl (C=O) groups excluding carboxylic acids is 1. The number of imidazole rings is 1. The van der Waals surface area contributed by atoms with E-state index in [2.05, 4.69) is 15.6 Å². The molecular weight excluding hydrogens is 220 g/mol. The van der Waals surface area contributed by atoms with Crippen LogP contribution in [0, 0.1) is 0 Å². The van der Waals surface area contributed by atoms with Crippen molar-refractivity contribution in [3.63, 3.8) is 0 Å². The van der Waals surface area contributed by atoms with Crippen molar-refractivity contribution < 1.29 is 9.53 Å². The highest BCUT2D eigenvalue weighted by molar-refractivity contribution is 5.75. The summed E-state index contributed by atoms with van der Waals surface area (Å²) in [6, 6.07) is 0. The van der Waals surface area contributed by atoms with Crippen LogP contribution in [0.4, 0.5) is 0 Å². The number of hydrogen-bond acceptors (Lipinski definition) is 4. The van der Waals surface area contributed by atoms with Crippen molar-refractivity contribution in [2.24, 2.45) is 0 Å². The molecule has 1 saturated heterocycles. The molecular formula is C11H18N4O2. The Bertz CT molecular complexity index is 371. The molecule has 17 heavy (non-hydrogen) atoms. The van der Waals surface area contributed by atoms with E-state index in [4.69, 9.17) is 4.74 Å². The molecule has 1 fully saturated rings. The molecule has 1 atom stereocenters. The maximum absolute atomic E-state index is 11.2. The molecule has 1 aromatic rings. The molecule has 2 N–H and O–H groups in total. The average Bonchev–Trinajstić information content (AvgIpc) is 2.85. The fraction of sp³-hybridized carbons (Fsp3) is 0.636. The second-order valence-corrected chi connectivity index (χ2v) is 4.00. The molecule has 1 aliphatic rings. The molecule has 0 radical (unpaired) electrons. The van der Waals surface area contributed by atoms with Crippen LogP contribution in [0.5, 0.6) is 0 Å². The Kier molecular flexibility index (Phi) is 4.11. The summed E-state index contributed by atoms with van der Waals surface area (Å²) in [6.07, 6.45) is 4.05. The lowest BCUT2D eigenvalue weighted by molar-refractivity contribution is -0.120. The molecule has 1 unspecified atom stereocenters. The molecule has 2 heterocycles. The van der Waals surface area contributed by atoms with E-state index in [0.29, 0.717) is 19.6 Å². The van der Waals surface area contributed by atoms with Crippen molar-refractivity contribution in [3.05, 3.63) is 18.2 Å². The summed E-state index contributed by atoms with van der Waals surface area (Å²) in [4.78, 5) is 15.3. The second-order valence-electron chi connectivity index (χ2n) is 4.00. The van der Waals surface area contributed by atoms with Gasteiger partial charge in [0.1, 0.15) is 6.10 Å². The molecule has 94 valence electrons. The highest BCUT2D eigenvalue weighted by Crippen LogP contribution is 2.18. The van der Waals surface area contributed by atoms with Crippen LogP contribution in [0.15, 0.2) is 12.5 Å². The lowest BCUT2D eigenvalue weighted by atomic mass is 10.2. The number of amides is 1. The summed E-state index contributed by atoms with van der Waals surface area (Å²) in [5.74, 6) is 0.0346. The molecule has 0 aromatic carbocycles. The molecule has 1 aliphatic heterocycles. The number of carbonyl (C=O) groups is 1. The lowest BCUT2D eigenvalue weighted by Crippen LogP contribution is -2.34. The van der Waals surface area contributed by atoms with Crippen LogP contribution in [0.25, 0.3) is 0 Å². The summed E-state index contributed by atoms with van der Waals surface area (Å²) in [5, 5.41) is 5.89. The van der Waals surface area contributed by atoms with Crippen molar-refractivity contribution in [3.8, 4) is 0 Å². The predicted molar refractivity (Wildman–Crippen MR) is 62.5 cm³/mol. The van der Waals surface area contributed by atoms with Crippen molar-refractivity contribution in [2.45, 2.75) is 19.1 Å². The van der Waals surface area contributed by atoms with Gasteiger partial charge in [0.2, 0.25) is 5.91 Å². The monoisotopic (exact) mass is 238 g/mol. The summed E-state index contributed by atoms with van der Waals surface area (Å²) < 4.78 is 7.65. The number of ether oxygens (including phenoxy) is 1. The SMILES string of the molecule is CNC(=O)CCn1cncc1C1CNCCO1. The first-order valence-electron chi connectivity index (χ1n) is 5.84. The summed E-state index contributed by atoms with van der Waals surface area (Å²) in [7, 11) is 1.64. The van der Waals surface area contributed by atoms with Crippen LogP contribution in [-0.4, -0.2) is 42.2 Å². The van der Waals surface area contributed by atoms with E-state index in [-0.39, 0.29) is 12.0 Å². The molecule has 1 aromatic heterocycles. The summed E-state index contributed by atoms with van der Waals surface area (Å²) >= 11 is 0. The normalized spacial score (nSPS) is 20.2. The highest BCUT2D eigenvalue weighted by atomic mass is 16.5. The quantitative estimate of drug-likeness (QED) is 0.754. The van der Waals surface area contributed by atoms with Gasteiger partial charge < -0.3 is 19.9 Å². The first-order valence-corrected chi connectivity index (χ1v) is 5.84. The van der Waals surface area contributed by atoms with E-state index in [1.165, 1.54) is 0 Å². The maximum Gasteiger partial charge on any atom is 0.221 e. The Morgan fingerprint density at radius 1 is 1.76 bits per heavy atom. The van der Waals surface area contributed by atoms with Gasteiger partial charge in [-0.25, -0.2) is 4.98 Å². The number of nitrogens with one attached hydrogen (secondary N) is 2. The van der Waals surface area contributed by atoms with E-state index in [0.717, 1.165) is 18.8 Å². The Morgan fingerprint density at radius 3 is 3.35 bits per heavy atom. The van der Waals surface area contributed by atoms with Crippen molar-refractivity contribution >= 4 is 5.91 Å². The van der Waals surface area contributed by atoms with E-state index >= 15 is 0 Å². The van der Waals surface area contributed by atoms with Crippen LogP contribution in [0.3, 0.4) is 0 Å². The largest absolute Gasteiger partial charge is 0.369 e. The number of aromatic nitrogens is 2. The highest BCUT2D eigenvalue weighted by Gasteiger charge is 2.19. The predicted octanol–water partition coefficient (Wildman–Crippen LogP) is -0.320. The van der Waals surface area contributed by atoms with E-state index in [1.807, 2.05) is 10.8 Å². The third kappa shape index (κ3) is 3.04. The van der Waals surface area contributed by atoms with Gasteiger partial charge in [-0.15, -0.1) is 0 Å². The third-order valence-electron chi connectivity index (χ3n) is 2.86. The zero-order valence-electron chi connectivity index (χ0n) is 9.98. The van der Waals surface area contributed by atoms with Crippen molar-refractivity contribution in [1.82, 2.24) is 20.2 Å². The fourth-order valence-corrected chi connectivity index (χ4v) is 1.89. The Balaban J connectivity index is 1.98. The number of nitrogens with zero attached hydrogens (tertiary/aromatic N) is 2. The smallest absolute Gasteiger partial charge is 0.221 e. The average molecular weight is 238 g/mol. The number of aryl methyl sites for hydroxylation is 1. The van der Waals surface area contributed by atoms with Gasteiger partial charge in [0, 0.05) is 33.1 Å². The van der Waals surface area contributed by atoms with E-state index in [9.17, 15) is 4.79 Å². The minimum atomic E-state index is 0.0346. The fourth-order valence-electron chi connectivity index (χ4n) is 1.89. The molecule has 6 nitrogen and oxygen atoms in total. The molecule has 0 bridgehead atoms. The molecule has 2 rings (SSSR count). The van der Waals surface area contributed by atoms with Crippen LogP contribution in [0.2, 0.25) is 0 Å². The first-order chi connectivity index (χ1) is 8.31. The Hall–Kier alpha value is -1.40. The minimum absolute atomic E-state index is 0.0346. The van der Waals surface area contributed by atoms with Gasteiger partial charge in [0.25, 0.3) is 0 Å². The summed E-state index contributed by atoms with van der Waals surface area (Å²) in [5.41, 5.74) is 1.03. The number of morpholine rings is 1. The van der Waals surface area contributed by atoms with E-state index in [1.54, 1.807) is 13.4 Å². The van der Waals surface area contributed by atoms with Crippen LogP contribution < -0.4 is 10.6 Å². The van der Waals surface area contributed by atoms with Gasteiger partial charge in [-0.05, 0) is 0 Å². The van der Waals surface area contributed by atoms with Gasteiger partial charge >= 0.3 is 0 Å². The Labute approximate surface area is 100 Å². The summed E-state index contributed by atoms with van der Waals surface area (Å²) in [6.45, 7) is 3.04. The maximum atomic E-state index is 11.2. The zero-order valence-corrected chi connectivity index (χ0v) is 9.98. The van der Waals surface area contributed by atoms with Gasteiger partial charge in [-0.1, -0.05) is 0 Å². The second kappa shape index (κ2) is 5.79. The molecule has 1 amide bonds. The van der Waals surface area contributed by atoms with Gasteiger partial charge in [-0.2, -0.15) is 0 Å². The third-order valence-corrected chi connectivity index (χ3v) is 2.86. The number of rotatable bonds is 4. The van der Waals surface area contributed by atoms with Crippen LogP contribution in [-0.2, 0) is 16.1 Å². The van der Waals surface area contributed by atoms with Gasteiger partial charge in [0.05, 0.1) is 24.8 Å². The zero-order chi connectivity index (χ0) is 12.1. The topological polar surface area (TPSA) is 68.2 Å². The number of hydrogen-bond donors (Lipinski definition) is 2. The van der Waals surface area contributed by atoms with E-state index < -0.39 is 0 Å². The Morgan fingerprint density at radius 2 is 2.65 bits per heavy atom. The lowest BCUT2D eigenvalue weighted by Gasteiger charge is -2.24. The van der Waals surface area contributed by atoms with Crippen LogP contribution >= 0.6 is 0 Å². The van der Waals surface area contributed by atoms with Crippen LogP contribution in [0.1, 0.15) is 18.2 Å². The standard InChI is InChI=1S/C11H18N4O2/c1-12-11(16)2-4-15-8-14-6-9(15)10-7-13-3-5-17-10/h6,8,10,13H,2-5,7H2,1H3,(H,12,16).